The average Bonchev–Trinajstić information content (AvgIpc) is 2.62. The van der Waals surface area contributed by atoms with Gasteiger partial charge in [0.15, 0.2) is 0 Å². The van der Waals surface area contributed by atoms with Crippen LogP contribution in [0.4, 0.5) is 0 Å². The summed E-state index contributed by atoms with van der Waals surface area (Å²) in [6, 6.07) is 1.84. The molecule has 6 nitrogen and oxygen atoms in total. The minimum absolute atomic E-state index is 0.295. The van der Waals surface area contributed by atoms with Crippen molar-refractivity contribution in [1.82, 2.24) is 14.5 Å². The average molecular weight is 247 g/mol. The third kappa shape index (κ3) is 3.58. The third-order valence-corrected chi connectivity index (χ3v) is 4.06. The third-order valence-electron chi connectivity index (χ3n) is 2.24. The number of aryl methyl sites for hydroxylation is 1. The lowest BCUT2D eigenvalue weighted by Crippen LogP contribution is -2.35. The number of aliphatic hydroxyl groups excluding tert-OH is 1. The van der Waals surface area contributed by atoms with Crippen molar-refractivity contribution >= 4 is 10.0 Å². The zero-order valence-corrected chi connectivity index (χ0v) is 10.2. The van der Waals surface area contributed by atoms with Crippen molar-refractivity contribution in [2.45, 2.75) is 18.6 Å². The lowest BCUT2D eigenvalue weighted by Gasteiger charge is -2.10. The lowest BCUT2D eigenvalue weighted by molar-refractivity contribution is 0.295. The topological polar surface area (TPSA) is 84.2 Å². The zero-order valence-electron chi connectivity index (χ0n) is 9.42. The van der Waals surface area contributed by atoms with Gasteiger partial charge in [-0.1, -0.05) is 0 Å². The minimum Gasteiger partial charge on any atom is -0.395 e. The first kappa shape index (κ1) is 13.1. The summed E-state index contributed by atoms with van der Waals surface area (Å²) < 4.78 is 27.0. The molecule has 1 aromatic heterocycles. The maximum Gasteiger partial charge on any atom is 0.216 e. The second-order valence-electron chi connectivity index (χ2n) is 3.66. The first-order valence-electron chi connectivity index (χ1n) is 5.03. The van der Waals surface area contributed by atoms with E-state index in [2.05, 4.69) is 9.82 Å². The molecule has 1 unspecified atom stereocenters. The van der Waals surface area contributed by atoms with Gasteiger partial charge in [0.05, 0.1) is 17.6 Å². The van der Waals surface area contributed by atoms with Gasteiger partial charge in [-0.3, -0.25) is 4.68 Å². The molecule has 0 aliphatic heterocycles. The molecule has 0 amide bonds. The zero-order chi connectivity index (χ0) is 12.2. The monoisotopic (exact) mass is 247 g/mol. The molecule has 0 saturated heterocycles. The van der Waals surface area contributed by atoms with Crippen LogP contribution in [0.3, 0.4) is 0 Å². The number of hydrogen-bond donors (Lipinski definition) is 2. The van der Waals surface area contributed by atoms with E-state index in [1.54, 1.807) is 10.9 Å². The second kappa shape index (κ2) is 5.42. The molecule has 0 aromatic carbocycles. The maximum absolute atomic E-state index is 11.5. The molecule has 0 aliphatic rings. The van der Waals surface area contributed by atoms with Crippen LogP contribution in [-0.4, -0.2) is 41.7 Å². The molecule has 0 radical (unpaired) electrons. The summed E-state index contributed by atoms with van der Waals surface area (Å²) in [5.41, 5.74) is 0.835. The van der Waals surface area contributed by atoms with E-state index in [9.17, 15) is 8.42 Å². The van der Waals surface area contributed by atoms with Crippen molar-refractivity contribution < 1.29 is 13.5 Å². The van der Waals surface area contributed by atoms with E-state index in [0.29, 0.717) is 13.0 Å². The first-order valence-corrected chi connectivity index (χ1v) is 6.58. The molecule has 1 heterocycles. The van der Waals surface area contributed by atoms with E-state index in [-0.39, 0.29) is 6.61 Å². The second-order valence-corrected chi connectivity index (χ2v) is 5.85. The number of aliphatic hydroxyl groups is 1. The number of sulfonamides is 1. The molecular weight excluding hydrogens is 230 g/mol. The van der Waals surface area contributed by atoms with Gasteiger partial charge in [-0.05, 0) is 13.0 Å². The quantitative estimate of drug-likeness (QED) is 0.693. The summed E-state index contributed by atoms with van der Waals surface area (Å²) in [6.07, 6.45) is 2.35. The number of hydrogen-bond acceptors (Lipinski definition) is 4. The van der Waals surface area contributed by atoms with Crippen molar-refractivity contribution in [1.29, 1.82) is 0 Å². The first-order chi connectivity index (χ1) is 7.45. The van der Waals surface area contributed by atoms with Gasteiger partial charge in [0.25, 0.3) is 0 Å². The number of aromatic nitrogens is 2. The highest BCUT2D eigenvalue weighted by molar-refractivity contribution is 7.90. The Bertz CT molecular complexity index is 427. The van der Waals surface area contributed by atoms with Gasteiger partial charge in [-0.15, -0.1) is 0 Å². The molecule has 2 N–H and O–H groups in total. The van der Waals surface area contributed by atoms with Crippen molar-refractivity contribution in [2.24, 2.45) is 7.05 Å². The van der Waals surface area contributed by atoms with Crippen molar-refractivity contribution in [3.63, 3.8) is 0 Å². The fourth-order valence-corrected chi connectivity index (χ4v) is 2.03. The van der Waals surface area contributed by atoms with Crippen molar-refractivity contribution in [2.75, 3.05) is 13.2 Å². The van der Waals surface area contributed by atoms with E-state index in [1.807, 2.05) is 13.1 Å². The predicted molar refractivity (Wildman–Crippen MR) is 60.4 cm³/mol. The van der Waals surface area contributed by atoms with Gasteiger partial charge >= 0.3 is 0 Å². The smallest absolute Gasteiger partial charge is 0.216 e. The molecular formula is C9H17N3O3S. The van der Waals surface area contributed by atoms with Crippen LogP contribution in [-0.2, 0) is 23.5 Å². The molecule has 7 heteroatoms. The van der Waals surface area contributed by atoms with Crippen LogP contribution >= 0.6 is 0 Å². The van der Waals surface area contributed by atoms with E-state index in [4.69, 9.17) is 5.11 Å². The van der Waals surface area contributed by atoms with Crippen molar-refractivity contribution in [3.8, 4) is 0 Å². The molecule has 0 spiro atoms. The summed E-state index contributed by atoms with van der Waals surface area (Å²) in [5.74, 6) is 0. The fourth-order valence-electron chi connectivity index (χ4n) is 1.16. The Kier molecular flexibility index (Phi) is 4.45. The van der Waals surface area contributed by atoms with E-state index >= 15 is 0 Å². The van der Waals surface area contributed by atoms with Crippen molar-refractivity contribution in [3.05, 3.63) is 18.0 Å². The van der Waals surface area contributed by atoms with E-state index < -0.39 is 15.3 Å². The SMILES string of the molecule is CC(CO)S(=O)(=O)NCCc1ccn(C)n1. The highest BCUT2D eigenvalue weighted by Gasteiger charge is 2.18. The number of nitrogens with one attached hydrogen (secondary N) is 1. The molecule has 1 rings (SSSR count). The van der Waals surface area contributed by atoms with Gasteiger partial charge in [0.1, 0.15) is 0 Å². The molecule has 0 fully saturated rings. The summed E-state index contributed by atoms with van der Waals surface area (Å²) in [6.45, 7) is 1.38. The Hall–Kier alpha value is -0.920. The van der Waals surface area contributed by atoms with Gasteiger partial charge in [0, 0.05) is 26.2 Å². The molecule has 1 aromatic rings. The summed E-state index contributed by atoms with van der Waals surface area (Å²) >= 11 is 0. The summed E-state index contributed by atoms with van der Waals surface area (Å²) in [7, 11) is -1.60. The predicted octanol–water partition coefficient (Wildman–Crippen LogP) is -0.737. The summed E-state index contributed by atoms with van der Waals surface area (Å²) in [5, 5.41) is 12.1. The van der Waals surface area contributed by atoms with E-state index in [1.165, 1.54) is 6.92 Å². The van der Waals surface area contributed by atoms with Crippen LogP contribution in [0.5, 0.6) is 0 Å². The maximum atomic E-state index is 11.5. The highest BCUT2D eigenvalue weighted by atomic mass is 32.2. The number of rotatable bonds is 6. The Morgan fingerprint density at radius 2 is 2.31 bits per heavy atom. The van der Waals surface area contributed by atoms with Crippen LogP contribution in [0, 0.1) is 0 Å². The van der Waals surface area contributed by atoms with Crippen LogP contribution in [0.25, 0.3) is 0 Å². The van der Waals surface area contributed by atoms with Crippen LogP contribution < -0.4 is 4.72 Å². The normalized spacial score (nSPS) is 13.9. The van der Waals surface area contributed by atoms with Crippen LogP contribution in [0.15, 0.2) is 12.3 Å². The molecule has 1 atom stereocenters. The van der Waals surface area contributed by atoms with Gasteiger partial charge < -0.3 is 5.11 Å². The van der Waals surface area contributed by atoms with Gasteiger partial charge in [-0.2, -0.15) is 5.10 Å². The Labute approximate surface area is 95.3 Å². The Morgan fingerprint density at radius 1 is 1.62 bits per heavy atom. The van der Waals surface area contributed by atoms with Crippen LogP contribution in [0.1, 0.15) is 12.6 Å². The molecule has 16 heavy (non-hydrogen) atoms. The molecule has 0 saturated carbocycles. The fraction of sp³-hybridized carbons (Fsp3) is 0.667. The molecule has 0 bridgehead atoms. The lowest BCUT2D eigenvalue weighted by atomic mass is 10.3. The largest absolute Gasteiger partial charge is 0.395 e. The number of nitrogens with zero attached hydrogens (tertiary/aromatic N) is 2. The van der Waals surface area contributed by atoms with E-state index in [0.717, 1.165) is 5.69 Å². The Morgan fingerprint density at radius 3 is 2.81 bits per heavy atom. The minimum atomic E-state index is -3.41. The highest BCUT2D eigenvalue weighted by Crippen LogP contribution is 1.98. The van der Waals surface area contributed by atoms with Crippen LogP contribution in [0.2, 0.25) is 0 Å². The molecule has 0 aliphatic carbocycles. The standard InChI is InChI=1S/C9H17N3O3S/c1-8(7-13)16(14,15)10-5-3-9-4-6-12(2)11-9/h4,6,8,10,13H,3,5,7H2,1-2H3. The molecule has 92 valence electrons. The van der Waals surface area contributed by atoms with Gasteiger partial charge in [0.2, 0.25) is 10.0 Å². The Balaban J connectivity index is 2.41. The summed E-state index contributed by atoms with van der Waals surface area (Å²) in [4.78, 5) is 0. The van der Waals surface area contributed by atoms with Gasteiger partial charge in [-0.25, -0.2) is 13.1 Å².